The Morgan fingerprint density at radius 1 is 0.860 bits per heavy atom. The summed E-state index contributed by atoms with van der Waals surface area (Å²) in [6.45, 7) is 8.30. The number of allylic oxidation sites excluding steroid dienone is 8. The number of nitrogens with zero attached hydrogens (tertiary/aromatic N) is 3. The molecule has 57 heavy (non-hydrogen) atoms. The quantitative estimate of drug-likeness (QED) is 0.0645. The standard InChI is InChI=1S/C36H41BrClN3O12S4/c1-35(2)28-19-24(38)22-40(15-5-7-17-54(42,43)44)34(28)39-31(35)13-9-23(37)10-14-32-36(3,4)33-27-20-25(56(48,49)50)21-30(57(51,52)53)26(27)11-12-29(33)41(32)16-6-8-18-55(45,46)47/h9-14,19-22H,5-8,15-18H2,1-4H3,(H3-,42,43,44,45,46,47,48,49,50,51,52,53)/p+1. The fourth-order valence-electron chi connectivity index (χ4n) is 7.23. The van der Waals surface area contributed by atoms with Gasteiger partial charge in [0.05, 0.1) is 32.5 Å². The van der Waals surface area contributed by atoms with E-state index in [-0.39, 0.29) is 35.9 Å². The van der Waals surface area contributed by atoms with Crippen LogP contribution in [0.4, 0.5) is 5.69 Å². The minimum Gasteiger partial charge on any atom is -0.331 e. The molecule has 0 fully saturated rings. The Bertz CT molecular complexity index is 2710. The molecule has 0 radical (unpaired) electrons. The van der Waals surface area contributed by atoms with Crippen LogP contribution in [0.2, 0.25) is 0 Å². The normalized spacial score (nSPS) is 19.3. The van der Waals surface area contributed by atoms with Crippen molar-refractivity contribution in [1.29, 1.82) is 0 Å². The van der Waals surface area contributed by atoms with Gasteiger partial charge in [-0.3, -0.25) is 18.2 Å². The highest BCUT2D eigenvalue weighted by Crippen LogP contribution is 2.47. The molecule has 0 unspecified atom stereocenters. The lowest BCUT2D eigenvalue weighted by atomic mass is 9.79. The van der Waals surface area contributed by atoms with E-state index >= 15 is 0 Å². The van der Waals surface area contributed by atoms with Gasteiger partial charge in [0.25, 0.3) is 40.5 Å². The maximum absolute atomic E-state index is 12.5. The molecule has 0 spiro atoms. The van der Waals surface area contributed by atoms with Crippen LogP contribution >= 0.6 is 27.5 Å². The summed E-state index contributed by atoms with van der Waals surface area (Å²) >= 11 is 10.1. The number of unbranched alkanes of at least 4 members (excludes halogenated alkanes) is 2. The summed E-state index contributed by atoms with van der Waals surface area (Å²) in [7, 11) is -18.2. The lowest BCUT2D eigenvalue weighted by Gasteiger charge is -2.29. The molecular weight excluding hydrogens is 910 g/mol. The van der Waals surface area contributed by atoms with Crippen LogP contribution in [0.3, 0.4) is 0 Å². The summed E-state index contributed by atoms with van der Waals surface area (Å²) in [5.74, 6) is -0.162. The molecule has 5 rings (SSSR count). The van der Waals surface area contributed by atoms with E-state index in [0.717, 1.165) is 11.6 Å². The average molecular weight is 952 g/mol. The first-order chi connectivity index (χ1) is 26.1. The molecule has 2 aromatic rings. The number of benzene rings is 2. The summed E-state index contributed by atoms with van der Waals surface area (Å²) in [5, 5.41) is 0.639. The molecule has 0 aromatic heterocycles. The summed E-state index contributed by atoms with van der Waals surface area (Å²) < 4.78 is 136. The number of fused-ring (bicyclic) bond motifs is 4. The first-order valence-electron chi connectivity index (χ1n) is 17.4. The number of amidine groups is 1. The minimum atomic E-state index is -4.95. The Hall–Kier alpha value is -3.05. The van der Waals surface area contributed by atoms with Crippen LogP contribution in [-0.4, -0.2) is 97.5 Å². The van der Waals surface area contributed by atoms with Gasteiger partial charge in [0.2, 0.25) is 5.69 Å². The fraction of sp³-hybridized carbons (Fsp3) is 0.389. The van der Waals surface area contributed by atoms with Gasteiger partial charge in [-0.05, 0) is 81.0 Å². The van der Waals surface area contributed by atoms with E-state index in [4.69, 9.17) is 21.1 Å². The molecule has 4 N–H and O–H groups in total. The zero-order valence-electron chi connectivity index (χ0n) is 31.2. The number of aliphatic imine (C=N–C) groups is 1. The predicted octanol–water partition coefficient (Wildman–Crippen LogP) is 6.52. The summed E-state index contributed by atoms with van der Waals surface area (Å²) in [6.07, 6.45) is 11.9. The molecule has 0 saturated carbocycles. The van der Waals surface area contributed by atoms with E-state index in [0.29, 0.717) is 63.5 Å². The van der Waals surface area contributed by atoms with Gasteiger partial charge in [-0.15, -0.1) is 0 Å². The Morgan fingerprint density at radius 2 is 1.49 bits per heavy atom. The lowest BCUT2D eigenvalue weighted by molar-refractivity contribution is -0.438. The van der Waals surface area contributed by atoms with Gasteiger partial charge in [0, 0.05) is 57.7 Å². The van der Waals surface area contributed by atoms with Crippen LogP contribution in [0.25, 0.3) is 10.8 Å². The van der Waals surface area contributed by atoms with E-state index in [1.165, 1.54) is 6.07 Å². The second kappa shape index (κ2) is 16.2. The summed E-state index contributed by atoms with van der Waals surface area (Å²) in [4.78, 5) is 5.30. The molecule has 15 nitrogen and oxygen atoms in total. The third-order valence-electron chi connectivity index (χ3n) is 9.97. The molecule has 2 aromatic carbocycles. The maximum Gasteiger partial charge on any atom is 0.295 e. The Morgan fingerprint density at radius 3 is 2.09 bits per heavy atom. The van der Waals surface area contributed by atoms with Gasteiger partial charge in [-0.25, -0.2) is 4.99 Å². The van der Waals surface area contributed by atoms with Gasteiger partial charge in [0.15, 0.2) is 5.71 Å². The van der Waals surface area contributed by atoms with E-state index in [1.54, 1.807) is 30.5 Å². The maximum atomic E-state index is 12.5. The third-order valence-corrected chi connectivity index (χ3v) is 14.0. The van der Waals surface area contributed by atoms with Crippen LogP contribution < -0.4 is 0 Å². The molecule has 0 amide bonds. The fourth-order valence-corrected chi connectivity index (χ4v) is 10.2. The highest BCUT2D eigenvalue weighted by Gasteiger charge is 2.46. The predicted molar refractivity (Wildman–Crippen MR) is 222 cm³/mol. The van der Waals surface area contributed by atoms with Crippen LogP contribution in [0.5, 0.6) is 0 Å². The molecule has 21 heteroatoms. The van der Waals surface area contributed by atoms with Crippen molar-refractivity contribution in [3.8, 4) is 0 Å². The molecule has 310 valence electrons. The van der Waals surface area contributed by atoms with Crippen molar-refractivity contribution in [3.63, 3.8) is 0 Å². The van der Waals surface area contributed by atoms with Crippen LogP contribution in [-0.2, 0) is 45.9 Å². The molecule has 0 saturated heterocycles. The SMILES string of the molecule is CC1(C)C2=CC(Cl)=CN(CCCCS(=O)(=O)O)C2=N/C1=C/C=C(Br)/C=C/C1=[N+](CCCCS(=O)(=O)O)c2ccc3c(S(=O)(=O)O)cc(S(=O)(=O)O)cc3c2C1(C)C. The Labute approximate surface area is 346 Å². The first kappa shape index (κ1) is 45.0. The molecule has 0 atom stereocenters. The summed E-state index contributed by atoms with van der Waals surface area (Å²) in [5.41, 5.74) is 1.72. The zero-order valence-corrected chi connectivity index (χ0v) is 36.8. The highest BCUT2D eigenvalue weighted by atomic mass is 79.9. The number of hydrogen-bond acceptors (Lipinski definition) is 10. The molecule has 3 aliphatic rings. The van der Waals surface area contributed by atoms with Gasteiger partial charge in [-0.2, -0.15) is 38.2 Å². The summed E-state index contributed by atoms with van der Waals surface area (Å²) in [6, 6.07) is 4.87. The first-order valence-corrected chi connectivity index (χ1v) is 24.7. The van der Waals surface area contributed by atoms with Crippen molar-refractivity contribution in [2.75, 3.05) is 24.6 Å². The molecular formula is C36H42BrClN3O12S4+. The van der Waals surface area contributed by atoms with Crippen molar-refractivity contribution in [2.45, 2.75) is 68.6 Å². The van der Waals surface area contributed by atoms with Crippen molar-refractivity contribution < 1.29 is 56.5 Å². The van der Waals surface area contributed by atoms with Crippen molar-refractivity contribution in [1.82, 2.24) is 4.90 Å². The Balaban J connectivity index is 1.54. The third kappa shape index (κ3) is 10.2. The molecule has 0 bridgehead atoms. The number of rotatable bonds is 15. The van der Waals surface area contributed by atoms with E-state index in [1.807, 2.05) is 49.3 Å². The average Bonchev–Trinajstić information content (AvgIpc) is 3.45. The lowest BCUT2D eigenvalue weighted by Crippen LogP contribution is -2.32. The monoisotopic (exact) mass is 950 g/mol. The Kier molecular flexibility index (Phi) is 12.8. The zero-order chi connectivity index (χ0) is 42.5. The van der Waals surface area contributed by atoms with Gasteiger partial charge in [-0.1, -0.05) is 41.4 Å². The number of halogens is 2. The van der Waals surface area contributed by atoms with Gasteiger partial charge < -0.3 is 4.90 Å². The highest BCUT2D eigenvalue weighted by molar-refractivity contribution is 9.11. The minimum absolute atomic E-state index is 0.0191. The van der Waals surface area contributed by atoms with Crippen molar-refractivity contribution in [2.24, 2.45) is 10.4 Å². The molecule has 0 aliphatic carbocycles. The van der Waals surface area contributed by atoms with Crippen molar-refractivity contribution in [3.05, 3.63) is 87.2 Å². The second-order valence-corrected chi connectivity index (χ2v) is 22.1. The molecule has 3 heterocycles. The smallest absolute Gasteiger partial charge is 0.295 e. The van der Waals surface area contributed by atoms with Crippen molar-refractivity contribution >= 4 is 96.0 Å². The van der Waals surface area contributed by atoms with Gasteiger partial charge >= 0.3 is 0 Å². The second-order valence-electron chi connectivity index (χ2n) is 14.8. The van der Waals surface area contributed by atoms with E-state index < -0.39 is 66.8 Å². The van der Waals surface area contributed by atoms with Crippen LogP contribution in [0.1, 0.15) is 58.9 Å². The van der Waals surface area contributed by atoms with Crippen LogP contribution in [0, 0.1) is 5.41 Å². The number of hydrogen-bond donors (Lipinski definition) is 4. The van der Waals surface area contributed by atoms with Crippen LogP contribution in [0.15, 0.2) is 96.4 Å². The van der Waals surface area contributed by atoms with E-state index in [2.05, 4.69) is 15.9 Å². The topological polar surface area (TPSA) is 236 Å². The molecule has 3 aliphatic heterocycles. The van der Waals surface area contributed by atoms with E-state index in [9.17, 15) is 47.3 Å². The van der Waals surface area contributed by atoms with Gasteiger partial charge in [0.1, 0.15) is 17.3 Å². The largest absolute Gasteiger partial charge is 0.331 e.